The summed E-state index contributed by atoms with van der Waals surface area (Å²) in [5.74, 6) is 0.0673. The molecule has 4 rings (SSSR count). The zero-order valence-corrected chi connectivity index (χ0v) is 23.0. The summed E-state index contributed by atoms with van der Waals surface area (Å²) in [7, 11) is -2.33. The van der Waals surface area contributed by atoms with Crippen molar-refractivity contribution in [3.63, 3.8) is 0 Å². The average Bonchev–Trinajstić information content (AvgIpc) is 2.91. The number of ether oxygens (including phenoxy) is 1. The van der Waals surface area contributed by atoms with E-state index >= 15 is 0 Å². The molecule has 3 aromatic carbocycles. The van der Waals surface area contributed by atoms with Gasteiger partial charge < -0.3 is 9.64 Å². The lowest BCUT2D eigenvalue weighted by molar-refractivity contribution is -0.117. The minimum atomic E-state index is -3.83. The van der Waals surface area contributed by atoms with Crippen LogP contribution < -0.4 is 14.4 Å². The monoisotopic (exact) mass is 569 g/mol. The lowest BCUT2D eigenvalue weighted by Gasteiger charge is -2.21. The largest absolute Gasteiger partial charge is 0.487 e. The molecule has 4 aromatic rings. The third-order valence-corrected chi connectivity index (χ3v) is 7.58. The van der Waals surface area contributed by atoms with Crippen molar-refractivity contribution in [3.8, 4) is 5.75 Å². The summed E-state index contributed by atoms with van der Waals surface area (Å²) in [5, 5.41) is 2.55. The lowest BCUT2D eigenvalue weighted by atomic mass is 10.1. The first kappa shape index (κ1) is 27.6. The smallest absolute Gasteiger partial charge is 0.241 e. The van der Waals surface area contributed by atoms with Crippen LogP contribution in [0, 0.1) is 6.92 Å². The van der Waals surface area contributed by atoms with Crippen molar-refractivity contribution >= 4 is 61.8 Å². The Morgan fingerprint density at radius 3 is 2.55 bits per heavy atom. The number of halogens is 2. The number of aromatic nitrogens is 1. The van der Waals surface area contributed by atoms with Gasteiger partial charge in [-0.15, -0.1) is 0 Å². The normalized spacial score (nSPS) is 11.7. The van der Waals surface area contributed by atoms with E-state index < -0.39 is 22.5 Å². The van der Waals surface area contributed by atoms with Crippen molar-refractivity contribution in [3.05, 3.63) is 105 Å². The van der Waals surface area contributed by atoms with Gasteiger partial charge >= 0.3 is 0 Å². The zero-order valence-electron chi connectivity index (χ0n) is 20.7. The molecule has 1 aromatic heterocycles. The van der Waals surface area contributed by atoms with Crippen LogP contribution in [-0.2, 0) is 21.4 Å². The molecule has 1 amide bonds. The molecular weight excluding hydrogens is 545 g/mol. The van der Waals surface area contributed by atoms with E-state index in [1.807, 2.05) is 43.3 Å². The highest BCUT2D eigenvalue weighted by Gasteiger charge is 2.20. The fraction of sp³-hybridized carbons (Fsp3) is 0.143. The molecule has 0 radical (unpaired) electrons. The fourth-order valence-electron chi connectivity index (χ4n) is 3.66. The fourth-order valence-corrected chi connectivity index (χ4v) is 5.02. The quantitative estimate of drug-likeness (QED) is 0.268. The molecule has 10 heteroatoms. The molecule has 0 aliphatic carbocycles. The molecular formula is C28H25Cl2N3O4S. The second kappa shape index (κ2) is 12.0. The molecule has 0 fully saturated rings. The maximum absolute atomic E-state index is 12.8. The first-order chi connectivity index (χ1) is 18.1. The van der Waals surface area contributed by atoms with E-state index in [-0.39, 0.29) is 11.6 Å². The van der Waals surface area contributed by atoms with Crippen molar-refractivity contribution in [2.45, 2.75) is 13.5 Å². The number of nitrogens with zero attached hydrogens (tertiary/aromatic N) is 2. The van der Waals surface area contributed by atoms with Crippen molar-refractivity contribution in [2.24, 2.45) is 0 Å². The number of hydrogen-bond acceptors (Lipinski definition) is 5. The van der Waals surface area contributed by atoms with Crippen LogP contribution in [0.15, 0.2) is 78.2 Å². The highest BCUT2D eigenvalue weighted by atomic mass is 35.5. The van der Waals surface area contributed by atoms with Gasteiger partial charge in [-0.2, -0.15) is 0 Å². The zero-order chi connectivity index (χ0) is 27.3. The molecule has 0 atom stereocenters. The number of amides is 1. The van der Waals surface area contributed by atoms with E-state index in [4.69, 9.17) is 27.9 Å². The Bertz CT molecular complexity index is 1610. The summed E-state index contributed by atoms with van der Waals surface area (Å²) in [6.07, 6.45) is 1.45. The van der Waals surface area contributed by atoms with Gasteiger partial charge in [0, 0.05) is 34.1 Å². The number of carbonyl (C=O) groups excluding carboxylic acids is 1. The van der Waals surface area contributed by atoms with Gasteiger partial charge in [0.1, 0.15) is 17.9 Å². The van der Waals surface area contributed by atoms with Crippen molar-refractivity contribution in [1.29, 1.82) is 0 Å². The van der Waals surface area contributed by atoms with Gasteiger partial charge in [0.25, 0.3) is 0 Å². The van der Waals surface area contributed by atoms with Gasteiger partial charge in [-0.3, -0.25) is 4.79 Å². The van der Waals surface area contributed by atoms with E-state index in [9.17, 15) is 13.2 Å². The minimum absolute atomic E-state index is 0.0409. The summed E-state index contributed by atoms with van der Waals surface area (Å²) < 4.78 is 33.0. The molecule has 0 saturated heterocycles. The molecule has 0 saturated carbocycles. The topological polar surface area (TPSA) is 88.6 Å². The van der Waals surface area contributed by atoms with Crippen LogP contribution in [0.3, 0.4) is 0 Å². The number of sulfonamides is 1. The lowest BCUT2D eigenvalue weighted by Crippen LogP contribution is -2.37. The summed E-state index contributed by atoms with van der Waals surface area (Å²) in [6, 6.07) is 21.7. The standard InChI is InChI=1S/C28H25Cl2N3O4S/c1-19-11-12-21-9-6-10-25(28(21)32-19)37-18-22-23(29)13-14-24(27(22)30)33(2)26(34)17-31-38(35,36)16-15-20-7-4-3-5-8-20/h3-16,31H,17-18H2,1-2H3/b16-15+. The van der Waals surface area contributed by atoms with Crippen LogP contribution in [0.1, 0.15) is 16.8 Å². The Morgan fingerprint density at radius 1 is 1.03 bits per heavy atom. The molecule has 0 spiro atoms. The number of anilines is 1. The first-order valence-electron chi connectivity index (χ1n) is 11.6. The summed E-state index contributed by atoms with van der Waals surface area (Å²) in [6.45, 7) is 1.49. The van der Waals surface area contributed by atoms with Crippen LogP contribution in [0.25, 0.3) is 17.0 Å². The molecule has 196 valence electrons. The number of nitrogens with one attached hydrogen (secondary N) is 1. The number of aryl methyl sites for hydroxylation is 1. The Labute approximate surface area is 231 Å². The molecule has 38 heavy (non-hydrogen) atoms. The third-order valence-electron chi connectivity index (χ3n) is 5.76. The van der Waals surface area contributed by atoms with E-state index in [0.29, 0.717) is 22.0 Å². The number of pyridine rings is 1. The van der Waals surface area contributed by atoms with Gasteiger partial charge in [0.15, 0.2) is 0 Å². The molecule has 0 aliphatic heterocycles. The van der Waals surface area contributed by atoms with Crippen LogP contribution in [-0.4, -0.2) is 32.9 Å². The van der Waals surface area contributed by atoms with Crippen molar-refractivity contribution < 1.29 is 17.9 Å². The molecule has 0 unspecified atom stereocenters. The molecule has 0 bridgehead atoms. The third kappa shape index (κ3) is 6.71. The number of carbonyl (C=O) groups is 1. The minimum Gasteiger partial charge on any atom is -0.487 e. The number of para-hydroxylation sites is 1. The van der Waals surface area contributed by atoms with Gasteiger partial charge in [-0.05, 0) is 42.8 Å². The van der Waals surface area contributed by atoms with E-state index in [1.54, 1.807) is 36.4 Å². The number of rotatable bonds is 9. The number of hydrogen-bond donors (Lipinski definition) is 1. The summed E-state index contributed by atoms with van der Waals surface area (Å²) in [4.78, 5) is 18.7. The highest BCUT2D eigenvalue weighted by molar-refractivity contribution is 7.92. The van der Waals surface area contributed by atoms with Gasteiger partial charge in [0.2, 0.25) is 15.9 Å². The van der Waals surface area contributed by atoms with E-state index in [2.05, 4.69) is 9.71 Å². The second-order valence-corrected chi connectivity index (χ2v) is 10.9. The second-order valence-electron chi connectivity index (χ2n) is 8.46. The molecule has 1 heterocycles. The van der Waals surface area contributed by atoms with Crippen LogP contribution >= 0.6 is 23.2 Å². The van der Waals surface area contributed by atoms with Crippen LogP contribution in [0.4, 0.5) is 5.69 Å². The summed E-state index contributed by atoms with van der Waals surface area (Å²) >= 11 is 13.1. The molecule has 1 N–H and O–H groups in total. The predicted octanol–water partition coefficient (Wildman–Crippen LogP) is 5.98. The van der Waals surface area contributed by atoms with E-state index in [0.717, 1.165) is 27.6 Å². The predicted molar refractivity (Wildman–Crippen MR) is 153 cm³/mol. The van der Waals surface area contributed by atoms with Gasteiger partial charge in [-0.1, -0.05) is 71.7 Å². The first-order valence-corrected chi connectivity index (χ1v) is 13.9. The Balaban J connectivity index is 1.46. The average molecular weight is 570 g/mol. The highest BCUT2D eigenvalue weighted by Crippen LogP contribution is 2.35. The Morgan fingerprint density at radius 2 is 1.79 bits per heavy atom. The SMILES string of the molecule is Cc1ccc2cccc(OCc3c(Cl)ccc(N(C)C(=O)CNS(=O)(=O)/C=C/c4ccccc4)c3Cl)c2n1. The number of fused-ring (bicyclic) bond motifs is 1. The Hall–Kier alpha value is -3.43. The number of likely N-dealkylation sites (N-methyl/N-ethyl adjacent to an activating group) is 1. The van der Waals surface area contributed by atoms with E-state index in [1.165, 1.54) is 18.0 Å². The maximum Gasteiger partial charge on any atom is 0.241 e. The van der Waals surface area contributed by atoms with Crippen LogP contribution in [0.5, 0.6) is 5.75 Å². The van der Waals surface area contributed by atoms with Gasteiger partial charge in [0.05, 0.1) is 17.3 Å². The van der Waals surface area contributed by atoms with Crippen molar-refractivity contribution in [1.82, 2.24) is 9.71 Å². The Kier molecular flexibility index (Phi) is 8.69. The van der Waals surface area contributed by atoms with Crippen molar-refractivity contribution in [2.75, 3.05) is 18.5 Å². The summed E-state index contributed by atoms with van der Waals surface area (Å²) in [5.41, 5.74) is 3.15. The molecule has 7 nitrogen and oxygen atoms in total. The van der Waals surface area contributed by atoms with Gasteiger partial charge in [-0.25, -0.2) is 18.1 Å². The molecule has 0 aliphatic rings. The number of benzene rings is 3. The maximum atomic E-state index is 12.8. The van der Waals surface area contributed by atoms with Crippen LogP contribution in [0.2, 0.25) is 10.0 Å².